The standard InChI is InChI=1S/C8H15N3O2/c1-2-9-7(12)3-5-11-6-4-10-8(11)13/h2-6H2,1H3,(H,9,12)(H,10,13). The van der Waals surface area contributed by atoms with Crippen molar-refractivity contribution in [2.75, 3.05) is 26.2 Å². The van der Waals surface area contributed by atoms with Gasteiger partial charge in [-0.2, -0.15) is 0 Å². The van der Waals surface area contributed by atoms with Gasteiger partial charge in [0, 0.05) is 32.6 Å². The lowest BCUT2D eigenvalue weighted by molar-refractivity contribution is -0.121. The van der Waals surface area contributed by atoms with Gasteiger partial charge in [-0.05, 0) is 6.92 Å². The second kappa shape index (κ2) is 4.69. The molecule has 3 amide bonds. The minimum Gasteiger partial charge on any atom is -0.356 e. The van der Waals surface area contributed by atoms with Crippen LogP contribution >= 0.6 is 0 Å². The van der Waals surface area contributed by atoms with Crippen molar-refractivity contribution in [2.45, 2.75) is 13.3 Å². The molecule has 0 aromatic rings. The van der Waals surface area contributed by atoms with E-state index in [0.717, 1.165) is 0 Å². The summed E-state index contributed by atoms with van der Waals surface area (Å²) in [6.07, 6.45) is 0.390. The Morgan fingerprint density at radius 3 is 3.00 bits per heavy atom. The molecule has 0 unspecified atom stereocenters. The monoisotopic (exact) mass is 185 g/mol. The molecular formula is C8H15N3O2. The van der Waals surface area contributed by atoms with Crippen LogP contribution in [0.2, 0.25) is 0 Å². The summed E-state index contributed by atoms with van der Waals surface area (Å²) < 4.78 is 0. The van der Waals surface area contributed by atoms with Crippen molar-refractivity contribution in [3.05, 3.63) is 0 Å². The molecule has 2 N–H and O–H groups in total. The van der Waals surface area contributed by atoms with Crippen molar-refractivity contribution < 1.29 is 9.59 Å². The number of nitrogens with zero attached hydrogens (tertiary/aromatic N) is 1. The SMILES string of the molecule is CCNC(=O)CCN1CCNC1=O. The first-order valence-corrected chi connectivity index (χ1v) is 4.53. The summed E-state index contributed by atoms with van der Waals surface area (Å²) in [5, 5.41) is 5.37. The third kappa shape index (κ3) is 2.93. The summed E-state index contributed by atoms with van der Waals surface area (Å²) in [4.78, 5) is 23.7. The van der Waals surface area contributed by atoms with Crippen LogP contribution in [0.1, 0.15) is 13.3 Å². The van der Waals surface area contributed by atoms with Gasteiger partial charge in [-0.25, -0.2) is 4.79 Å². The van der Waals surface area contributed by atoms with Crippen molar-refractivity contribution >= 4 is 11.9 Å². The number of carbonyl (C=O) groups is 2. The average molecular weight is 185 g/mol. The summed E-state index contributed by atoms with van der Waals surface area (Å²) >= 11 is 0. The van der Waals surface area contributed by atoms with E-state index in [0.29, 0.717) is 32.6 Å². The second-order valence-corrected chi connectivity index (χ2v) is 2.92. The zero-order valence-corrected chi connectivity index (χ0v) is 7.80. The predicted molar refractivity (Wildman–Crippen MR) is 48.3 cm³/mol. The molecule has 0 spiro atoms. The Morgan fingerprint density at radius 1 is 1.69 bits per heavy atom. The quantitative estimate of drug-likeness (QED) is 0.622. The summed E-state index contributed by atoms with van der Waals surface area (Å²) in [5.41, 5.74) is 0. The van der Waals surface area contributed by atoms with Gasteiger partial charge in [-0.1, -0.05) is 0 Å². The van der Waals surface area contributed by atoms with E-state index in [1.54, 1.807) is 4.90 Å². The minimum absolute atomic E-state index is 0.00204. The van der Waals surface area contributed by atoms with Crippen LogP contribution < -0.4 is 10.6 Å². The topological polar surface area (TPSA) is 61.4 Å². The lowest BCUT2D eigenvalue weighted by Gasteiger charge is -2.12. The highest BCUT2D eigenvalue weighted by Gasteiger charge is 2.19. The molecule has 74 valence electrons. The van der Waals surface area contributed by atoms with Gasteiger partial charge in [0.25, 0.3) is 0 Å². The molecule has 0 aromatic heterocycles. The Hall–Kier alpha value is -1.26. The first kappa shape index (κ1) is 9.83. The van der Waals surface area contributed by atoms with E-state index >= 15 is 0 Å². The van der Waals surface area contributed by atoms with Crippen LogP contribution in [0.15, 0.2) is 0 Å². The van der Waals surface area contributed by atoms with Crippen LogP contribution in [0.4, 0.5) is 4.79 Å². The first-order valence-electron chi connectivity index (χ1n) is 4.53. The minimum atomic E-state index is -0.0655. The number of nitrogens with one attached hydrogen (secondary N) is 2. The highest BCUT2D eigenvalue weighted by molar-refractivity contribution is 5.79. The maximum atomic E-state index is 11.0. The van der Waals surface area contributed by atoms with Gasteiger partial charge in [-0.15, -0.1) is 0 Å². The summed E-state index contributed by atoms with van der Waals surface area (Å²) in [6, 6.07) is -0.0655. The van der Waals surface area contributed by atoms with Gasteiger partial charge < -0.3 is 15.5 Å². The van der Waals surface area contributed by atoms with E-state index in [1.807, 2.05) is 6.92 Å². The molecule has 1 aliphatic heterocycles. The van der Waals surface area contributed by atoms with Crippen LogP contribution in [0, 0.1) is 0 Å². The van der Waals surface area contributed by atoms with E-state index in [4.69, 9.17) is 0 Å². The second-order valence-electron chi connectivity index (χ2n) is 2.92. The molecule has 0 atom stereocenters. The number of hydrogen-bond acceptors (Lipinski definition) is 2. The maximum Gasteiger partial charge on any atom is 0.317 e. The highest BCUT2D eigenvalue weighted by Crippen LogP contribution is 1.97. The zero-order valence-electron chi connectivity index (χ0n) is 7.80. The number of hydrogen-bond donors (Lipinski definition) is 2. The van der Waals surface area contributed by atoms with Crippen molar-refractivity contribution in [1.29, 1.82) is 0 Å². The zero-order chi connectivity index (χ0) is 9.68. The molecule has 13 heavy (non-hydrogen) atoms. The molecule has 1 aliphatic rings. The first-order chi connectivity index (χ1) is 6.24. The molecular weight excluding hydrogens is 170 g/mol. The van der Waals surface area contributed by atoms with Gasteiger partial charge in [0.05, 0.1) is 0 Å². The lowest BCUT2D eigenvalue weighted by Crippen LogP contribution is -2.33. The van der Waals surface area contributed by atoms with E-state index in [-0.39, 0.29) is 11.9 Å². The van der Waals surface area contributed by atoms with E-state index in [1.165, 1.54) is 0 Å². The van der Waals surface area contributed by atoms with Crippen LogP contribution in [0.5, 0.6) is 0 Å². The molecule has 1 fully saturated rings. The van der Waals surface area contributed by atoms with Crippen molar-refractivity contribution in [3.63, 3.8) is 0 Å². The third-order valence-electron chi connectivity index (χ3n) is 1.93. The molecule has 0 saturated carbocycles. The number of amides is 3. The van der Waals surface area contributed by atoms with Crippen LogP contribution in [0.3, 0.4) is 0 Å². The average Bonchev–Trinajstić information content (AvgIpc) is 2.48. The van der Waals surface area contributed by atoms with Gasteiger partial charge in [0.2, 0.25) is 5.91 Å². The van der Waals surface area contributed by atoms with E-state index in [9.17, 15) is 9.59 Å². The van der Waals surface area contributed by atoms with E-state index in [2.05, 4.69) is 10.6 Å². The summed E-state index contributed by atoms with van der Waals surface area (Å²) in [5.74, 6) is 0.00204. The number of rotatable bonds is 4. The molecule has 1 saturated heterocycles. The Labute approximate surface area is 77.5 Å². The molecule has 0 aliphatic carbocycles. The Bertz CT molecular complexity index is 206. The molecule has 1 heterocycles. The van der Waals surface area contributed by atoms with Crippen LogP contribution in [-0.4, -0.2) is 43.0 Å². The van der Waals surface area contributed by atoms with Crippen LogP contribution in [-0.2, 0) is 4.79 Å². The van der Waals surface area contributed by atoms with Crippen molar-refractivity contribution in [1.82, 2.24) is 15.5 Å². The normalized spacial score (nSPS) is 15.8. The number of carbonyl (C=O) groups excluding carboxylic acids is 2. The molecule has 0 bridgehead atoms. The lowest BCUT2D eigenvalue weighted by atomic mass is 10.3. The Balaban J connectivity index is 2.18. The highest BCUT2D eigenvalue weighted by atomic mass is 16.2. The fraction of sp³-hybridized carbons (Fsp3) is 0.750. The molecule has 0 aromatic carbocycles. The van der Waals surface area contributed by atoms with Crippen LogP contribution in [0.25, 0.3) is 0 Å². The van der Waals surface area contributed by atoms with Crippen molar-refractivity contribution in [2.24, 2.45) is 0 Å². The summed E-state index contributed by atoms with van der Waals surface area (Å²) in [7, 11) is 0. The molecule has 0 radical (unpaired) electrons. The third-order valence-corrected chi connectivity index (χ3v) is 1.93. The maximum absolute atomic E-state index is 11.0. The fourth-order valence-corrected chi connectivity index (χ4v) is 1.25. The van der Waals surface area contributed by atoms with E-state index < -0.39 is 0 Å². The predicted octanol–water partition coefficient (Wildman–Crippen LogP) is -0.462. The van der Waals surface area contributed by atoms with Crippen molar-refractivity contribution in [3.8, 4) is 0 Å². The van der Waals surface area contributed by atoms with Gasteiger partial charge in [-0.3, -0.25) is 4.79 Å². The largest absolute Gasteiger partial charge is 0.356 e. The Morgan fingerprint density at radius 2 is 2.46 bits per heavy atom. The number of urea groups is 1. The van der Waals surface area contributed by atoms with Gasteiger partial charge >= 0.3 is 6.03 Å². The smallest absolute Gasteiger partial charge is 0.317 e. The van der Waals surface area contributed by atoms with Gasteiger partial charge in [0.15, 0.2) is 0 Å². The Kier molecular flexibility index (Phi) is 3.54. The molecule has 5 nitrogen and oxygen atoms in total. The van der Waals surface area contributed by atoms with Gasteiger partial charge in [0.1, 0.15) is 0 Å². The molecule has 5 heteroatoms. The summed E-state index contributed by atoms with van der Waals surface area (Å²) in [6.45, 7) is 4.43. The fourth-order valence-electron chi connectivity index (χ4n) is 1.25. The molecule has 1 rings (SSSR count).